The van der Waals surface area contributed by atoms with Gasteiger partial charge in [-0.2, -0.15) is 40.3 Å². The van der Waals surface area contributed by atoms with Crippen molar-refractivity contribution in [1.29, 1.82) is 0 Å². The molecule has 710 valence electrons. The van der Waals surface area contributed by atoms with Crippen LogP contribution < -0.4 is 60.8 Å². The molecular weight excluding hydrogens is 1690 g/mol. The van der Waals surface area contributed by atoms with E-state index in [0.717, 1.165) is 208 Å². The van der Waals surface area contributed by atoms with Gasteiger partial charge in [-0.05, 0) is 195 Å². The van der Waals surface area contributed by atoms with Crippen LogP contribution in [0.1, 0.15) is 207 Å². The molecule has 0 aromatic carbocycles. The number of ether oxygens (including phenoxy) is 4. The van der Waals surface area contributed by atoms with E-state index in [1.165, 1.54) is 77.0 Å². The lowest BCUT2D eigenvalue weighted by Crippen LogP contribution is -2.44. The smallest absolute Gasteiger partial charge is 0.277 e. The molecule has 36 nitrogen and oxygen atoms in total. The van der Waals surface area contributed by atoms with Crippen LogP contribution in [0.4, 0.5) is 23.3 Å². The number of aromatic amines is 4. The first-order valence-electron chi connectivity index (χ1n) is 48.4. The fourth-order valence-electron chi connectivity index (χ4n) is 21.1. The molecule has 12 aromatic heterocycles. The number of methoxy groups -OCH3 is 4. The molecule has 4 saturated heterocycles. The summed E-state index contributed by atoms with van der Waals surface area (Å²) in [4.78, 5) is 121. The second-order valence-electron chi connectivity index (χ2n) is 38.0. The third-order valence-corrected chi connectivity index (χ3v) is 28.8. The molecule has 0 amide bonds. The summed E-state index contributed by atoms with van der Waals surface area (Å²) in [5, 5.41) is 20.1. The summed E-state index contributed by atoms with van der Waals surface area (Å²) < 4.78 is 29.8. The van der Waals surface area contributed by atoms with Gasteiger partial charge in [0.15, 0.2) is 22.3 Å². The fraction of sp³-hybridized carbons (Fsp3) is 0.588. The molecule has 8 fully saturated rings. The average Bonchev–Trinajstić information content (AvgIpc) is 1.58. The maximum Gasteiger partial charge on any atom is 0.277 e. The van der Waals surface area contributed by atoms with Gasteiger partial charge in [0.1, 0.15) is 68.4 Å². The highest BCUT2D eigenvalue weighted by Crippen LogP contribution is 2.41. The topological polar surface area (TPSA) is 369 Å². The van der Waals surface area contributed by atoms with Crippen LogP contribution in [0.5, 0.6) is 23.5 Å². The Balaban J connectivity index is 0.000000124. The molecule has 12 aromatic rings. The van der Waals surface area contributed by atoms with E-state index in [2.05, 4.69) is 101 Å². The number of aryl methyl sites for hydroxylation is 4. The van der Waals surface area contributed by atoms with Crippen molar-refractivity contribution in [3.8, 4) is 69.1 Å². The number of piperidine rings is 2. The molecule has 20 rings (SSSR count). The highest BCUT2D eigenvalue weighted by atomic mass is 16.5. The number of aromatic nitrogens is 20. The standard InChI is InChI=1S/2C25H35N7O2.C24H33N7O2.C23H31N7O2/c1-30(2)17-12-14-32(15-13-17)19-11-10-18(25(26-19)34-4)22-27-23-20(24(33)28-22)21(29-31(23)3)16-8-6-5-7-9-16;1-16-21-22(32(29-16)18-8-6-5-7-9-18)24(33)28-23(27-21)19-10-11-20(26-25(19)34-4)31-14-12-17(13-15-31)30(2)3;1-29-12-7-13-31(15-14-29)18-11-10-17(24(25-18)33-3)21-26-22-19(23(32)27-21)20(28-30(22)2)16-8-5-4-6-9-16;1-15-19-20(30(27-15)16-7-5-4-6-8-16)22(31)26-21(25-19)17-9-10-18(24-23(17)32-3)29-13-11-28(2)12-14-29/h10-11,16-17H,5-9,12-15H2,1-4H3,(H,27,28,33);10-11,17-18H,5-9,12-15H2,1-4H3,(H,27,28,33);10-11,16H,4-9,12-15H2,1-3H3,(H,26,27,32);9-10,16H,4-8,11-14H2,1-3H3,(H,25,26,31). The van der Waals surface area contributed by atoms with Gasteiger partial charge < -0.3 is 78.1 Å². The van der Waals surface area contributed by atoms with Crippen LogP contribution in [-0.2, 0) is 14.1 Å². The summed E-state index contributed by atoms with van der Waals surface area (Å²) in [5.41, 5.74) is 9.07. The van der Waals surface area contributed by atoms with Crippen LogP contribution >= 0.6 is 0 Å². The number of anilines is 4. The van der Waals surface area contributed by atoms with Crippen LogP contribution in [0.2, 0.25) is 0 Å². The number of rotatable bonds is 18. The summed E-state index contributed by atoms with van der Waals surface area (Å²) in [7, 11) is 23.0. The zero-order chi connectivity index (χ0) is 92.8. The first-order chi connectivity index (χ1) is 64.5. The van der Waals surface area contributed by atoms with Crippen LogP contribution in [0.3, 0.4) is 0 Å². The monoisotopic (exact) mass is 1820 g/mol. The Morgan fingerprint density at radius 2 is 0.624 bits per heavy atom. The molecule has 4 saturated carbocycles. The molecule has 4 aliphatic carbocycles. The van der Waals surface area contributed by atoms with Gasteiger partial charge in [-0.15, -0.1) is 0 Å². The van der Waals surface area contributed by atoms with Crippen molar-refractivity contribution >= 4 is 67.4 Å². The second kappa shape index (κ2) is 41.4. The van der Waals surface area contributed by atoms with Crippen molar-refractivity contribution in [2.75, 3.05) is 169 Å². The highest BCUT2D eigenvalue weighted by molar-refractivity contribution is 5.84. The van der Waals surface area contributed by atoms with Gasteiger partial charge in [-0.3, -0.25) is 28.5 Å². The number of fused-ring (bicyclic) bond motifs is 4. The highest BCUT2D eigenvalue weighted by Gasteiger charge is 2.34. The van der Waals surface area contributed by atoms with Crippen molar-refractivity contribution in [1.82, 2.24) is 119 Å². The van der Waals surface area contributed by atoms with E-state index in [1.807, 2.05) is 85.8 Å². The Kier molecular flexibility index (Phi) is 29.0. The second-order valence-corrected chi connectivity index (χ2v) is 38.0. The summed E-state index contributed by atoms with van der Waals surface area (Å²) in [6.07, 6.45) is 28.6. The first-order valence-corrected chi connectivity index (χ1v) is 48.4. The predicted octanol–water partition coefficient (Wildman–Crippen LogP) is 12.5. The van der Waals surface area contributed by atoms with E-state index < -0.39 is 0 Å². The first kappa shape index (κ1) is 93.1. The van der Waals surface area contributed by atoms with E-state index in [4.69, 9.17) is 79.2 Å². The van der Waals surface area contributed by atoms with Gasteiger partial charge >= 0.3 is 0 Å². The summed E-state index contributed by atoms with van der Waals surface area (Å²) >= 11 is 0. The van der Waals surface area contributed by atoms with E-state index in [-0.39, 0.29) is 34.3 Å². The van der Waals surface area contributed by atoms with Crippen LogP contribution in [-0.4, -0.2) is 280 Å². The number of nitrogens with zero attached hydrogens (tertiary/aromatic N) is 24. The van der Waals surface area contributed by atoms with Gasteiger partial charge in [0, 0.05) is 110 Å². The molecule has 0 unspecified atom stereocenters. The summed E-state index contributed by atoms with van der Waals surface area (Å²) in [5.74, 6) is 7.89. The average molecular weight is 1820 g/mol. The van der Waals surface area contributed by atoms with E-state index in [1.54, 1.807) is 37.8 Å². The minimum Gasteiger partial charge on any atom is -0.480 e. The molecule has 0 spiro atoms. The Labute approximate surface area is 776 Å². The largest absolute Gasteiger partial charge is 0.480 e. The van der Waals surface area contributed by atoms with Crippen LogP contribution in [0, 0.1) is 13.8 Å². The number of nitrogens with one attached hydrogen (secondary N) is 4. The Morgan fingerprint density at radius 1 is 0.323 bits per heavy atom. The zero-order valence-corrected chi connectivity index (χ0v) is 80.2. The predicted molar refractivity (Wildman–Crippen MR) is 521 cm³/mol. The zero-order valence-electron chi connectivity index (χ0n) is 80.2. The molecule has 36 heteroatoms. The molecule has 133 heavy (non-hydrogen) atoms. The van der Waals surface area contributed by atoms with E-state index in [9.17, 15) is 19.2 Å². The number of hydrogen-bond donors (Lipinski definition) is 4. The summed E-state index contributed by atoms with van der Waals surface area (Å²) in [6.45, 7) is 15.5. The number of likely N-dealkylation sites (N-methyl/N-ethyl adjacent to an activating group) is 2. The summed E-state index contributed by atoms with van der Waals surface area (Å²) in [6, 6.07) is 17.5. The van der Waals surface area contributed by atoms with Gasteiger partial charge in [0.05, 0.1) is 85.6 Å². The molecular formula is C97H134N28O8. The Morgan fingerprint density at radius 3 is 0.955 bits per heavy atom. The number of pyridine rings is 4. The lowest BCUT2D eigenvalue weighted by atomic mass is 9.86. The van der Waals surface area contributed by atoms with Gasteiger partial charge in [-0.1, -0.05) is 77.0 Å². The number of piperazine rings is 1. The molecule has 0 radical (unpaired) electrons. The minimum absolute atomic E-state index is 0.148. The van der Waals surface area contributed by atoms with Crippen LogP contribution in [0.25, 0.3) is 89.7 Å². The van der Waals surface area contributed by atoms with Crippen LogP contribution in [0.15, 0.2) is 67.7 Å². The quantitative estimate of drug-likeness (QED) is 0.0620. The lowest BCUT2D eigenvalue weighted by molar-refractivity contribution is 0.249. The van der Waals surface area contributed by atoms with Gasteiger partial charge in [-0.25, -0.2) is 29.3 Å². The molecule has 0 bridgehead atoms. The van der Waals surface area contributed by atoms with Crippen molar-refractivity contribution in [2.45, 2.75) is 210 Å². The SMILES string of the molecule is COc1nc(N2CCC(N(C)C)CC2)ccc1-c1nc2c(C)nn(C3CCCCC3)c2c(=O)[nH]1.COc1nc(N2CCC(N(C)C)CC2)ccc1-c1nc2c(c(C3CCCCC3)nn2C)c(=O)[nH]1.COc1nc(N2CCCN(C)CC2)ccc1-c1nc2c(c(C3CCCCC3)nn2C)c(=O)[nH]1.COc1nc(N2CCN(C)CC2)ccc1-c1nc2c(C)nn(C3CCCCC3)c2c(=O)[nH]1. The Bertz CT molecular complexity index is 6120. The maximum atomic E-state index is 13.2. The molecule has 4 N–H and O–H groups in total. The molecule has 8 aliphatic rings. The lowest BCUT2D eigenvalue weighted by Gasteiger charge is -2.35. The van der Waals surface area contributed by atoms with Gasteiger partial charge in [0.2, 0.25) is 23.5 Å². The number of H-pyrrole nitrogens is 4. The Hall–Kier alpha value is -11.8. The normalized spacial score (nSPS) is 18.3. The minimum atomic E-state index is -0.165. The van der Waals surface area contributed by atoms with Crippen molar-refractivity contribution in [3.63, 3.8) is 0 Å². The van der Waals surface area contributed by atoms with E-state index >= 15 is 0 Å². The van der Waals surface area contributed by atoms with Crippen molar-refractivity contribution in [3.05, 3.63) is 113 Å². The molecule has 0 atom stereocenters. The van der Waals surface area contributed by atoms with Crippen molar-refractivity contribution < 1.29 is 18.9 Å². The third kappa shape index (κ3) is 20.1. The van der Waals surface area contributed by atoms with Crippen molar-refractivity contribution in [2.24, 2.45) is 14.1 Å². The number of hydrogen-bond acceptors (Lipinski definition) is 28. The third-order valence-electron chi connectivity index (χ3n) is 28.8. The molecule has 16 heterocycles. The molecule has 4 aliphatic heterocycles. The maximum absolute atomic E-state index is 13.2. The van der Waals surface area contributed by atoms with E-state index in [0.29, 0.717) is 137 Å². The fourth-order valence-corrected chi connectivity index (χ4v) is 21.1. The van der Waals surface area contributed by atoms with Gasteiger partial charge in [0.25, 0.3) is 22.2 Å².